The first-order valence-electron chi connectivity index (χ1n) is 8.31. The van der Waals surface area contributed by atoms with Crippen LogP contribution in [0.5, 0.6) is 5.75 Å². The van der Waals surface area contributed by atoms with Crippen molar-refractivity contribution in [1.29, 1.82) is 0 Å². The van der Waals surface area contributed by atoms with Crippen molar-refractivity contribution in [2.45, 2.75) is 19.8 Å². The molecular formula is C20H21N3O2. The van der Waals surface area contributed by atoms with Crippen LogP contribution in [0.4, 0.5) is 5.69 Å². The average molecular weight is 335 g/mol. The van der Waals surface area contributed by atoms with Gasteiger partial charge in [0.25, 0.3) is 5.91 Å². The second-order valence-electron chi connectivity index (χ2n) is 5.70. The highest BCUT2D eigenvalue weighted by molar-refractivity contribution is 6.06. The number of hydrogen-bond donors (Lipinski definition) is 2. The average Bonchev–Trinajstić information content (AvgIpc) is 3.05. The van der Waals surface area contributed by atoms with Crippen LogP contribution in [0, 0.1) is 0 Å². The van der Waals surface area contributed by atoms with E-state index < -0.39 is 0 Å². The summed E-state index contributed by atoms with van der Waals surface area (Å²) >= 11 is 0. The van der Waals surface area contributed by atoms with E-state index in [4.69, 9.17) is 4.74 Å². The molecule has 0 fully saturated rings. The fraction of sp³-hybridized carbons (Fsp3) is 0.200. The van der Waals surface area contributed by atoms with Crippen molar-refractivity contribution < 1.29 is 9.53 Å². The highest BCUT2D eigenvalue weighted by Crippen LogP contribution is 2.35. The summed E-state index contributed by atoms with van der Waals surface area (Å²) in [4.78, 5) is 12.6. The summed E-state index contributed by atoms with van der Waals surface area (Å²) in [6, 6.07) is 16.8. The molecule has 1 amide bonds. The Hall–Kier alpha value is -3.08. The molecule has 5 heteroatoms. The predicted molar refractivity (Wildman–Crippen MR) is 99.0 cm³/mol. The largest absolute Gasteiger partial charge is 0.496 e. The quantitative estimate of drug-likeness (QED) is 0.706. The Kier molecular flexibility index (Phi) is 5.14. The van der Waals surface area contributed by atoms with Gasteiger partial charge in [-0.1, -0.05) is 43.7 Å². The van der Waals surface area contributed by atoms with E-state index in [2.05, 4.69) is 22.4 Å². The molecule has 3 rings (SSSR count). The Balaban J connectivity index is 2.02. The third-order valence-electron chi connectivity index (χ3n) is 3.98. The van der Waals surface area contributed by atoms with E-state index in [9.17, 15) is 4.79 Å². The lowest BCUT2D eigenvalue weighted by Crippen LogP contribution is -2.13. The van der Waals surface area contributed by atoms with Crippen molar-refractivity contribution >= 4 is 11.6 Å². The van der Waals surface area contributed by atoms with Crippen LogP contribution in [0.2, 0.25) is 0 Å². The number of amides is 1. The number of carbonyl (C=O) groups is 1. The summed E-state index contributed by atoms with van der Waals surface area (Å²) in [5.41, 5.74) is 3.75. The van der Waals surface area contributed by atoms with Gasteiger partial charge in [0, 0.05) is 11.1 Å². The van der Waals surface area contributed by atoms with Crippen LogP contribution in [0.25, 0.3) is 11.3 Å². The van der Waals surface area contributed by atoms with Crippen LogP contribution in [-0.4, -0.2) is 23.2 Å². The third kappa shape index (κ3) is 3.55. The van der Waals surface area contributed by atoms with Crippen molar-refractivity contribution in [1.82, 2.24) is 10.2 Å². The summed E-state index contributed by atoms with van der Waals surface area (Å²) in [5.74, 6) is 0.558. The van der Waals surface area contributed by atoms with Gasteiger partial charge < -0.3 is 10.1 Å². The number of nitrogens with zero attached hydrogens (tertiary/aromatic N) is 1. The number of nitrogens with one attached hydrogen (secondary N) is 2. The molecule has 1 heterocycles. The first-order chi connectivity index (χ1) is 12.2. The molecule has 0 saturated carbocycles. The van der Waals surface area contributed by atoms with Gasteiger partial charge >= 0.3 is 0 Å². The van der Waals surface area contributed by atoms with E-state index in [1.165, 1.54) is 0 Å². The molecule has 128 valence electrons. The normalized spacial score (nSPS) is 10.5. The summed E-state index contributed by atoms with van der Waals surface area (Å²) < 4.78 is 5.45. The Morgan fingerprint density at radius 2 is 1.84 bits per heavy atom. The molecule has 0 radical (unpaired) electrons. The molecule has 2 N–H and O–H groups in total. The smallest absolute Gasteiger partial charge is 0.255 e. The number of aromatic nitrogens is 2. The van der Waals surface area contributed by atoms with E-state index in [0.717, 1.165) is 24.1 Å². The number of H-pyrrole nitrogens is 1. The Morgan fingerprint density at radius 3 is 2.56 bits per heavy atom. The second-order valence-corrected chi connectivity index (χ2v) is 5.70. The van der Waals surface area contributed by atoms with Crippen LogP contribution < -0.4 is 10.1 Å². The number of para-hydroxylation sites is 1. The van der Waals surface area contributed by atoms with E-state index in [1.807, 2.05) is 42.5 Å². The minimum atomic E-state index is -0.157. The van der Waals surface area contributed by atoms with E-state index >= 15 is 0 Å². The van der Waals surface area contributed by atoms with Gasteiger partial charge in [-0.3, -0.25) is 9.89 Å². The second kappa shape index (κ2) is 7.66. The molecule has 0 saturated heterocycles. The topological polar surface area (TPSA) is 67.0 Å². The molecule has 0 bridgehead atoms. The van der Waals surface area contributed by atoms with Gasteiger partial charge in [0.1, 0.15) is 11.4 Å². The number of ether oxygens (including phenoxy) is 1. The number of hydrogen-bond acceptors (Lipinski definition) is 3. The number of anilines is 1. The number of methoxy groups -OCH3 is 1. The third-order valence-corrected chi connectivity index (χ3v) is 3.98. The van der Waals surface area contributed by atoms with E-state index in [-0.39, 0.29) is 5.91 Å². The maximum absolute atomic E-state index is 12.6. The van der Waals surface area contributed by atoms with Gasteiger partial charge in [0.2, 0.25) is 0 Å². The summed E-state index contributed by atoms with van der Waals surface area (Å²) in [6.07, 6.45) is 1.74. The first kappa shape index (κ1) is 16.8. The standard InChI is InChI=1S/C20H21N3O2/c1-3-9-16-19(21-20(24)14-10-5-4-6-11-14)18(23-22-16)15-12-7-8-13-17(15)25-2/h4-8,10-13H,3,9H2,1-2H3,(H,21,24)(H,22,23). The monoisotopic (exact) mass is 335 g/mol. The number of aryl methyl sites for hydroxylation is 1. The molecule has 0 spiro atoms. The van der Waals surface area contributed by atoms with Crippen LogP contribution in [-0.2, 0) is 6.42 Å². The van der Waals surface area contributed by atoms with E-state index in [1.54, 1.807) is 19.2 Å². The molecule has 1 aromatic heterocycles. The molecule has 0 aliphatic heterocycles. The highest BCUT2D eigenvalue weighted by Gasteiger charge is 2.19. The predicted octanol–water partition coefficient (Wildman–Crippen LogP) is 4.29. The molecule has 5 nitrogen and oxygen atoms in total. The lowest BCUT2D eigenvalue weighted by Gasteiger charge is -2.10. The van der Waals surface area contributed by atoms with Crippen molar-refractivity contribution in [3.63, 3.8) is 0 Å². The zero-order chi connectivity index (χ0) is 17.6. The van der Waals surface area contributed by atoms with Crippen molar-refractivity contribution in [2.24, 2.45) is 0 Å². The Bertz CT molecular complexity index is 856. The lowest BCUT2D eigenvalue weighted by atomic mass is 10.1. The van der Waals surface area contributed by atoms with Crippen LogP contribution in [0.3, 0.4) is 0 Å². The van der Waals surface area contributed by atoms with Gasteiger partial charge in [-0.25, -0.2) is 0 Å². The molecule has 2 aromatic carbocycles. The van der Waals surface area contributed by atoms with Gasteiger partial charge in [-0.15, -0.1) is 0 Å². The molecule has 0 unspecified atom stereocenters. The van der Waals surface area contributed by atoms with E-state index in [0.29, 0.717) is 22.7 Å². The number of benzene rings is 2. The SMILES string of the molecule is CCCc1[nH]nc(-c2ccccc2OC)c1NC(=O)c1ccccc1. The first-order valence-corrected chi connectivity index (χ1v) is 8.31. The van der Waals surface area contributed by atoms with Gasteiger partial charge in [-0.05, 0) is 30.7 Å². The van der Waals surface area contributed by atoms with Crippen LogP contribution in [0.1, 0.15) is 29.4 Å². The van der Waals surface area contributed by atoms with Crippen molar-refractivity contribution in [3.8, 4) is 17.0 Å². The van der Waals surface area contributed by atoms with Crippen LogP contribution in [0.15, 0.2) is 54.6 Å². The summed E-state index contributed by atoms with van der Waals surface area (Å²) in [6.45, 7) is 2.09. The minimum Gasteiger partial charge on any atom is -0.496 e. The molecule has 0 aliphatic rings. The molecule has 0 aliphatic carbocycles. The maximum Gasteiger partial charge on any atom is 0.255 e. The zero-order valence-corrected chi connectivity index (χ0v) is 14.4. The fourth-order valence-electron chi connectivity index (χ4n) is 2.75. The number of aromatic amines is 1. The summed E-state index contributed by atoms with van der Waals surface area (Å²) in [5, 5.41) is 10.5. The number of rotatable bonds is 6. The van der Waals surface area contributed by atoms with Gasteiger partial charge in [0.15, 0.2) is 0 Å². The molecule has 0 atom stereocenters. The highest BCUT2D eigenvalue weighted by atomic mass is 16.5. The zero-order valence-electron chi connectivity index (χ0n) is 14.4. The maximum atomic E-state index is 12.6. The molecule has 3 aromatic rings. The van der Waals surface area contributed by atoms with Crippen molar-refractivity contribution in [2.75, 3.05) is 12.4 Å². The van der Waals surface area contributed by atoms with Gasteiger partial charge in [0.05, 0.1) is 18.5 Å². The van der Waals surface area contributed by atoms with Crippen molar-refractivity contribution in [3.05, 3.63) is 65.9 Å². The molecule has 25 heavy (non-hydrogen) atoms. The fourth-order valence-corrected chi connectivity index (χ4v) is 2.75. The Labute approximate surface area is 147 Å². The molecular weight excluding hydrogens is 314 g/mol. The number of carbonyl (C=O) groups excluding carboxylic acids is 1. The van der Waals surface area contributed by atoms with Gasteiger partial charge in [-0.2, -0.15) is 5.10 Å². The van der Waals surface area contributed by atoms with Crippen LogP contribution >= 0.6 is 0 Å². The Morgan fingerprint density at radius 1 is 1.12 bits per heavy atom. The lowest BCUT2D eigenvalue weighted by molar-refractivity contribution is 0.102. The summed E-state index contributed by atoms with van der Waals surface area (Å²) in [7, 11) is 1.63. The minimum absolute atomic E-state index is 0.157.